The number of rotatable bonds is 5. The smallest absolute Gasteiger partial charge is 0.259 e. The van der Waals surface area contributed by atoms with Crippen LogP contribution >= 0.6 is 0 Å². The van der Waals surface area contributed by atoms with Gasteiger partial charge in [0.1, 0.15) is 0 Å². The third-order valence-corrected chi connectivity index (χ3v) is 3.15. The summed E-state index contributed by atoms with van der Waals surface area (Å²) >= 11 is 0. The molecule has 1 aromatic heterocycles. The maximum Gasteiger partial charge on any atom is 0.259 e. The van der Waals surface area contributed by atoms with Crippen LogP contribution in [0.4, 0.5) is 0 Å². The Labute approximate surface area is 134 Å². The maximum atomic E-state index is 11.8. The summed E-state index contributed by atoms with van der Waals surface area (Å²) in [6.45, 7) is 3.65. The van der Waals surface area contributed by atoms with E-state index in [1.165, 1.54) is 6.20 Å². The highest BCUT2D eigenvalue weighted by Gasteiger charge is 2.07. The summed E-state index contributed by atoms with van der Waals surface area (Å²) in [5.41, 5.74) is 5.60. The van der Waals surface area contributed by atoms with Crippen LogP contribution in [-0.4, -0.2) is 29.1 Å². The number of hydrogen-bond donors (Lipinski definition) is 2. The van der Waals surface area contributed by atoms with Crippen molar-refractivity contribution in [1.82, 2.24) is 15.7 Å². The maximum absolute atomic E-state index is 11.8. The van der Waals surface area contributed by atoms with Gasteiger partial charge in [0.15, 0.2) is 0 Å². The van der Waals surface area contributed by atoms with Crippen LogP contribution in [0.2, 0.25) is 0 Å². The molecule has 0 saturated carbocycles. The number of carbonyl (C=O) groups excluding carboxylic acids is 2. The largest absolute Gasteiger partial charge is 0.343 e. The van der Waals surface area contributed by atoms with Crippen LogP contribution in [0.1, 0.15) is 28.4 Å². The van der Waals surface area contributed by atoms with Crippen molar-refractivity contribution in [3.8, 4) is 0 Å². The van der Waals surface area contributed by atoms with Gasteiger partial charge in [-0.1, -0.05) is 29.8 Å². The second-order valence-corrected chi connectivity index (χ2v) is 5.02. The molecule has 2 aromatic rings. The number of carbonyl (C=O) groups is 2. The molecule has 0 radical (unpaired) electrons. The monoisotopic (exact) mass is 310 g/mol. The van der Waals surface area contributed by atoms with Crippen molar-refractivity contribution in [2.45, 2.75) is 13.8 Å². The van der Waals surface area contributed by atoms with E-state index in [2.05, 4.69) is 20.8 Å². The summed E-state index contributed by atoms with van der Waals surface area (Å²) in [7, 11) is 0. The van der Waals surface area contributed by atoms with E-state index < -0.39 is 5.91 Å². The van der Waals surface area contributed by atoms with Gasteiger partial charge >= 0.3 is 0 Å². The van der Waals surface area contributed by atoms with E-state index in [4.69, 9.17) is 0 Å². The zero-order valence-corrected chi connectivity index (χ0v) is 13.0. The van der Waals surface area contributed by atoms with Crippen molar-refractivity contribution < 1.29 is 9.59 Å². The first kappa shape index (κ1) is 16.4. The summed E-state index contributed by atoms with van der Waals surface area (Å²) in [4.78, 5) is 27.3. The van der Waals surface area contributed by atoms with E-state index in [9.17, 15) is 9.59 Å². The van der Waals surface area contributed by atoms with Crippen molar-refractivity contribution in [2.24, 2.45) is 5.10 Å². The molecule has 0 spiro atoms. The lowest BCUT2D eigenvalue weighted by Crippen LogP contribution is -2.35. The molecule has 0 unspecified atom stereocenters. The van der Waals surface area contributed by atoms with Gasteiger partial charge in [-0.15, -0.1) is 0 Å². The quantitative estimate of drug-likeness (QED) is 0.651. The molecule has 23 heavy (non-hydrogen) atoms. The summed E-state index contributed by atoms with van der Waals surface area (Å²) in [6.07, 6.45) is 3.01. The predicted molar refractivity (Wildman–Crippen MR) is 88.1 cm³/mol. The number of hydrogen-bond acceptors (Lipinski definition) is 4. The second kappa shape index (κ2) is 7.84. The topological polar surface area (TPSA) is 83.5 Å². The van der Waals surface area contributed by atoms with Crippen LogP contribution in [-0.2, 0) is 4.79 Å². The molecule has 0 saturated heterocycles. The average Bonchev–Trinajstić information content (AvgIpc) is 2.59. The fourth-order valence-corrected chi connectivity index (χ4v) is 1.80. The molecule has 0 aliphatic heterocycles. The highest BCUT2D eigenvalue weighted by molar-refractivity contribution is 5.99. The van der Waals surface area contributed by atoms with Crippen LogP contribution < -0.4 is 10.7 Å². The van der Waals surface area contributed by atoms with Gasteiger partial charge in [-0.05, 0) is 31.5 Å². The Morgan fingerprint density at radius 2 is 1.87 bits per heavy atom. The molecule has 1 heterocycles. The first-order valence-electron chi connectivity index (χ1n) is 7.14. The minimum atomic E-state index is -0.395. The van der Waals surface area contributed by atoms with E-state index in [-0.39, 0.29) is 12.5 Å². The third-order valence-electron chi connectivity index (χ3n) is 3.15. The lowest BCUT2D eigenvalue weighted by molar-refractivity contribution is -0.120. The molecular weight excluding hydrogens is 292 g/mol. The standard InChI is InChI=1S/C17H18N4O2/c1-12-5-7-14(8-6-12)13(2)20-21-16(22)11-19-17(23)15-4-3-9-18-10-15/h3-10H,11H2,1-2H3,(H,19,23)(H,21,22)/b20-13-. The highest BCUT2D eigenvalue weighted by atomic mass is 16.2. The zero-order chi connectivity index (χ0) is 16.7. The molecule has 0 atom stereocenters. The normalized spacial score (nSPS) is 11.0. The van der Waals surface area contributed by atoms with Crippen LogP contribution in [0.25, 0.3) is 0 Å². The number of amides is 2. The van der Waals surface area contributed by atoms with Crippen molar-refractivity contribution >= 4 is 17.5 Å². The van der Waals surface area contributed by atoms with Crippen LogP contribution in [0.5, 0.6) is 0 Å². The molecule has 2 N–H and O–H groups in total. The van der Waals surface area contributed by atoms with Crippen molar-refractivity contribution in [1.29, 1.82) is 0 Å². The van der Waals surface area contributed by atoms with Crippen LogP contribution in [0, 0.1) is 6.92 Å². The molecule has 2 amide bonds. The van der Waals surface area contributed by atoms with Gasteiger partial charge < -0.3 is 5.32 Å². The fraction of sp³-hybridized carbons (Fsp3) is 0.176. The molecular formula is C17H18N4O2. The van der Waals surface area contributed by atoms with Gasteiger partial charge in [-0.2, -0.15) is 5.10 Å². The number of hydrazone groups is 1. The predicted octanol–water partition coefficient (Wildman–Crippen LogP) is 1.66. The summed E-state index contributed by atoms with van der Waals surface area (Å²) in [5.74, 6) is -0.749. The summed E-state index contributed by atoms with van der Waals surface area (Å²) in [6, 6.07) is 11.1. The van der Waals surface area contributed by atoms with E-state index in [1.807, 2.05) is 31.2 Å². The summed E-state index contributed by atoms with van der Waals surface area (Å²) < 4.78 is 0. The van der Waals surface area contributed by atoms with Gasteiger partial charge in [0.2, 0.25) is 0 Å². The molecule has 0 aliphatic rings. The van der Waals surface area contributed by atoms with Crippen LogP contribution in [0.3, 0.4) is 0 Å². The Morgan fingerprint density at radius 3 is 2.52 bits per heavy atom. The summed E-state index contributed by atoms with van der Waals surface area (Å²) in [5, 5.41) is 6.54. The van der Waals surface area contributed by atoms with Gasteiger partial charge in [-0.3, -0.25) is 14.6 Å². The molecule has 118 valence electrons. The Kier molecular flexibility index (Phi) is 5.57. The molecule has 6 nitrogen and oxygen atoms in total. The minimum Gasteiger partial charge on any atom is -0.343 e. The van der Waals surface area contributed by atoms with E-state index in [1.54, 1.807) is 25.3 Å². The zero-order valence-electron chi connectivity index (χ0n) is 13.0. The van der Waals surface area contributed by atoms with Crippen LogP contribution in [0.15, 0.2) is 53.9 Å². The molecule has 0 fully saturated rings. The number of pyridine rings is 1. The van der Waals surface area contributed by atoms with Crippen molar-refractivity contribution in [3.63, 3.8) is 0 Å². The van der Waals surface area contributed by atoms with Gasteiger partial charge in [0.25, 0.3) is 11.8 Å². The van der Waals surface area contributed by atoms with E-state index in [0.717, 1.165) is 11.1 Å². The molecule has 0 bridgehead atoms. The van der Waals surface area contributed by atoms with Crippen molar-refractivity contribution in [2.75, 3.05) is 6.54 Å². The molecule has 6 heteroatoms. The highest BCUT2D eigenvalue weighted by Crippen LogP contribution is 2.04. The first-order chi connectivity index (χ1) is 11.1. The Hall–Kier alpha value is -3.02. The fourth-order valence-electron chi connectivity index (χ4n) is 1.80. The van der Waals surface area contributed by atoms with Crippen molar-refractivity contribution in [3.05, 3.63) is 65.5 Å². The average molecular weight is 310 g/mol. The van der Waals surface area contributed by atoms with Gasteiger partial charge in [0.05, 0.1) is 17.8 Å². The van der Waals surface area contributed by atoms with Gasteiger partial charge in [-0.25, -0.2) is 5.43 Å². The lowest BCUT2D eigenvalue weighted by Gasteiger charge is -2.05. The lowest BCUT2D eigenvalue weighted by atomic mass is 10.1. The molecule has 2 rings (SSSR count). The number of benzene rings is 1. The number of nitrogens with zero attached hydrogens (tertiary/aromatic N) is 2. The van der Waals surface area contributed by atoms with E-state index in [0.29, 0.717) is 11.3 Å². The third kappa shape index (κ3) is 5.03. The molecule has 0 aliphatic carbocycles. The number of aromatic nitrogens is 1. The Morgan fingerprint density at radius 1 is 1.13 bits per heavy atom. The number of aryl methyl sites for hydroxylation is 1. The first-order valence-corrected chi connectivity index (χ1v) is 7.14. The SMILES string of the molecule is C/C(=N/NC(=O)CNC(=O)c1cccnc1)c1ccc(C)cc1. The second-order valence-electron chi connectivity index (χ2n) is 5.02. The van der Waals surface area contributed by atoms with E-state index >= 15 is 0 Å². The van der Waals surface area contributed by atoms with Gasteiger partial charge in [0, 0.05) is 12.4 Å². The Balaban J connectivity index is 1.84. The number of nitrogens with one attached hydrogen (secondary N) is 2. The minimum absolute atomic E-state index is 0.154. The Bertz CT molecular complexity index is 709. The molecule has 1 aromatic carbocycles.